The van der Waals surface area contributed by atoms with Crippen LogP contribution in [-0.4, -0.2) is 14.5 Å². The summed E-state index contributed by atoms with van der Waals surface area (Å²) in [7, 11) is 0. The molecule has 0 spiro atoms. The van der Waals surface area contributed by atoms with E-state index >= 15 is 0 Å². The highest BCUT2D eigenvalue weighted by Gasteiger charge is 2.13. The van der Waals surface area contributed by atoms with E-state index in [1.54, 1.807) is 6.07 Å². The SMILES string of the molecule is Cc1ccn(-c2ccc(C(C)c3nc4ccccc4c(=O)[nH]3)cc2)c1. The number of rotatable bonds is 3. The van der Waals surface area contributed by atoms with Gasteiger partial charge in [0.1, 0.15) is 5.82 Å². The van der Waals surface area contributed by atoms with Gasteiger partial charge in [0.05, 0.1) is 10.9 Å². The van der Waals surface area contributed by atoms with Gasteiger partial charge in [-0.05, 0) is 48.4 Å². The normalized spacial score (nSPS) is 12.4. The van der Waals surface area contributed by atoms with Crippen LogP contribution in [0.15, 0.2) is 71.8 Å². The number of H-pyrrole nitrogens is 1. The summed E-state index contributed by atoms with van der Waals surface area (Å²) in [4.78, 5) is 19.8. The van der Waals surface area contributed by atoms with Gasteiger partial charge < -0.3 is 9.55 Å². The number of aromatic nitrogens is 3. The van der Waals surface area contributed by atoms with Crippen LogP contribution in [0.5, 0.6) is 0 Å². The number of fused-ring (bicyclic) bond motifs is 1. The third kappa shape index (κ3) is 2.87. The average Bonchev–Trinajstić information content (AvgIpc) is 3.07. The van der Waals surface area contributed by atoms with Crippen molar-refractivity contribution in [1.29, 1.82) is 0 Å². The molecule has 0 bridgehead atoms. The molecule has 1 atom stereocenters. The Morgan fingerprint density at radius 3 is 2.52 bits per heavy atom. The number of benzene rings is 2. The van der Waals surface area contributed by atoms with E-state index in [0.717, 1.165) is 16.8 Å². The van der Waals surface area contributed by atoms with E-state index < -0.39 is 0 Å². The first-order valence-corrected chi connectivity index (χ1v) is 8.36. The molecule has 0 saturated carbocycles. The van der Waals surface area contributed by atoms with Gasteiger partial charge in [0.2, 0.25) is 0 Å². The van der Waals surface area contributed by atoms with Gasteiger partial charge >= 0.3 is 0 Å². The lowest BCUT2D eigenvalue weighted by molar-refractivity contribution is 0.817. The number of nitrogens with zero attached hydrogens (tertiary/aromatic N) is 2. The number of nitrogens with one attached hydrogen (secondary N) is 1. The first-order valence-electron chi connectivity index (χ1n) is 8.36. The lowest BCUT2D eigenvalue weighted by Gasteiger charge is -2.13. The van der Waals surface area contributed by atoms with Gasteiger partial charge in [-0.3, -0.25) is 4.79 Å². The molecule has 0 saturated heterocycles. The third-order valence-electron chi connectivity index (χ3n) is 4.57. The van der Waals surface area contributed by atoms with Gasteiger partial charge in [-0.1, -0.05) is 31.2 Å². The third-order valence-corrected chi connectivity index (χ3v) is 4.57. The summed E-state index contributed by atoms with van der Waals surface area (Å²) in [6.07, 6.45) is 4.15. The lowest BCUT2D eigenvalue weighted by atomic mass is 10.00. The van der Waals surface area contributed by atoms with E-state index in [1.807, 2.05) is 18.2 Å². The highest BCUT2D eigenvalue weighted by molar-refractivity contribution is 5.77. The molecule has 4 nitrogen and oxygen atoms in total. The van der Waals surface area contributed by atoms with E-state index in [9.17, 15) is 4.79 Å². The molecule has 0 amide bonds. The fourth-order valence-electron chi connectivity index (χ4n) is 3.07. The summed E-state index contributed by atoms with van der Waals surface area (Å²) >= 11 is 0. The van der Waals surface area contributed by atoms with E-state index in [4.69, 9.17) is 0 Å². The van der Waals surface area contributed by atoms with E-state index in [-0.39, 0.29) is 11.5 Å². The minimum Gasteiger partial charge on any atom is -0.324 e. The Hall–Kier alpha value is -3.14. The van der Waals surface area contributed by atoms with Gasteiger partial charge in [0.25, 0.3) is 5.56 Å². The van der Waals surface area contributed by atoms with Gasteiger partial charge in [-0.2, -0.15) is 0 Å². The molecule has 2 aromatic carbocycles. The Balaban J connectivity index is 1.69. The van der Waals surface area contributed by atoms with Crippen molar-refractivity contribution in [3.63, 3.8) is 0 Å². The summed E-state index contributed by atoms with van der Waals surface area (Å²) in [5, 5.41) is 0.622. The number of aryl methyl sites for hydroxylation is 1. The number of hydrogen-bond donors (Lipinski definition) is 1. The molecule has 0 aliphatic rings. The molecule has 1 unspecified atom stereocenters. The first kappa shape index (κ1) is 15.4. The van der Waals surface area contributed by atoms with Crippen LogP contribution in [0.3, 0.4) is 0 Å². The monoisotopic (exact) mass is 329 g/mol. The topological polar surface area (TPSA) is 50.7 Å². The lowest BCUT2D eigenvalue weighted by Crippen LogP contribution is -2.14. The Labute approximate surface area is 145 Å². The van der Waals surface area contributed by atoms with Gasteiger partial charge in [0, 0.05) is 24.0 Å². The predicted molar refractivity (Wildman–Crippen MR) is 100 cm³/mol. The highest BCUT2D eigenvalue weighted by Crippen LogP contribution is 2.23. The first-order chi connectivity index (χ1) is 12.1. The predicted octanol–water partition coefficient (Wildman–Crippen LogP) is 4.17. The summed E-state index contributed by atoms with van der Waals surface area (Å²) in [6.45, 7) is 4.14. The molecular formula is C21H19N3O. The molecule has 2 aromatic heterocycles. The molecule has 0 aliphatic heterocycles. The Morgan fingerprint density at radius 1 is 1.04 bits per heavy atom. The van der Waals surface area contributed by atoms with Crippen LogP contribution in [-0.2, 0) is 0 Å². The Bertz CT molecular complexity index is 1090. The maximum atomic E-state index is 12.3. The molecule has 2 heterocycles. The summed E-state index contributed by atoms with van der Waals surface area (Å²) < 4.78 is 2.10. The molecule has 124 valence electrons. The highest BCUT2D eigenvalue weighted by atomic mass is 16.1. The summed E-state index contributed by atoms with van der Waals surface area (Å²) in [6, 6.07) is 17.9. The molecule has 0 radical (unpaired) electrons. The van der Waals surface area contributed by atoms with Gasteiger partial charge in [-0.25, -0.2) is 4.98 Å². The van der Waals surface area contributed by atoms with Crippen LogP contribution in [0.25, 0.3) is 16.6 Å². The molecule has 0 aliphatic carbocycles. The molecule has 25 heavy (non-hydrogen) atoms. The van der Waals surface area contributed by atoms with E-state index in [0.29, 0.717) is 11.2 Å². The zero-order chi connectivity index (χ0) is 17.4. The van der Waals surface area contributed by atoms with Crippen molar-refractivity contribution in [3.05, 3.63) is 94.3 Å². The number of aromatic amines is 1. The summed E-state index contributed by atoms with van der Waals surface area (Å²) in [5.41, 5.74) is 4.10. The zero-order valence-electron chi connectivity index (χ0n) is 14.2. The van der Waals surface area contributed by atoms with Crippen LogP contribution in [0.2, 0.25) is 0 Å². The average molecular weight is 329 g/mol. The fourth-order valence-corrected chi connectivity index (χ4v) is 3.07. The van der Waals surface area contributed by atoms with Gasteiger partial charge in [-0.15, -0.1) is 0 Å². The van der Waals surface area contributed by atoms with Crippen molar-refractivity contribution >= 4 is 10.9 Å². The minimum absolute atomic E-state index is 0.0118. The minimum atomic E-state index is -0.0908. The number of para-hydroxylation sites is 1. The maximum absolute atomic E-state index is 12.3. The second-order valence-corrected chi connectivity index (χ2v) is 6.38. The van der Waals surface area contributed by atoms with Gasteiger partial charge in [0.15, 0.2) is 0 Å². The standard InChI is InChI=1S/C21H19N3O/c1-14-11-12-24(13-14)17-9-7-16(8-10-17)15(2)20-22-19-6-4-3-5-18(19)21(25)23-20/h3-13,15H,1-2H3,(H,22,23,25). The van der Waals surface area contributed by atoms with Crippen LogP contribution in [0.1, 0.15) is 29.8 Å². The van der Waals surface area contributed by atoms with Crippen molar-refractivity contribution in [1.82, 2.24) is 14.5 Å². The molecule has 4 aromatic rings. The Kier molecular flexibility index (Phi) is 3.73. The molecule has 0 fully saturated rings. The zero-order valence-corrected chi connectivity index (χ0v) is 14.2. The van der Waals surface area contributed by atoms with Crippen molar-refractivity contribution in [2.45, 2.75) is 19.8 Å². The van der Waals surface area contributed by atoms with Crippen LogP contribution in [0, 0.1) is 6.92 Å². The van der Waals surface area contributed by atoms with Crippen molar-refractivity contribution in [2.24, 2.45) is 0 Å². The largest absolute Gasteiger partial charge is 0.324 e. The van der Waals surface area contributed by atoms with E-state index in [2.05, 4.69) is 71.1 Å². The van der Waals surface area contributed by atoms with Crippen LogP contribution >= 0.6 is 0 Å². The molecule has 4 rings (SSSR count). The second-order valence-electron chi connectivity index (χ2n) is 6.38. The second kappa shape index (κ2) is 6.06. The number of hydrogen-bond acceptors (Lipinski definition) is 2. The fraction of sp³-hybridized carbons (Fsp3) is 0.143. The van der Waals surface area contributed by atoms with Crippen molar-refractivity contribution in [3.8, 4) is 5.69 Å². The maximum Gasteiger partial charge on any atom is 0.258 e. The molecular weight excluding hydrogens is 310 g/mol. The van der Waals surface area contributed by atoms with Crippen molar-refractivity contribution in [2.75, 3.05) is 0 Å². The van der Waals surface area contributed by atoms with Crippen LogP contribution < -0.4 is 5.56 Å². The Morgan fingerprint density at radius 2 is 1.80 bits per heavy atom. The van der Waals surface area contributed by atoms with Crippen molar-refractivity contribution < 1.29 is 0 Å². The summed E-state index contributed by atoms with van der Waals surface area (Å²) in [5.74, 6) is 0.700. The molecule has 4 heteroatoms. The van der Waals surface area contributed by atoms with Crippen LogP contribution in [0.4, 0.5) is 0 Å². The smallest absolute Gasteiger partial charge is 0.258 e. The van der Waals surface area contributed by atoms with E-state index in [1.165, 1.54) is 5.56 Å². The molecule has 1 N–H and O–H groups in total. The quantitative estimate of drug-likeness (QED) is 0.613.